The van der Waals surface area contributed by atoms with Crippen molar-refractivity contribution < 1.29 is 31.7 Å². The molecule has 2 fully saturated rings. The summed E-state index contributed by atoms with van der Waals surface area (Å²) >= 11 is 0. The number of esters is 1. The van der Waals surface area contributed by atoms with E-state index in [2.05, 4.69) is 4.74 Å². The van der Waals surface area contributed by atoms with Crippen LogP contribution in [0.1, 0.15) is 13.3 Å². The summed E-state index contributed by atoms with van der Waals surface area (Å²) in [7, 11) is 0. The van der Waals surface area contributed by atoms with Crippen LogP contribution in [0, 0.1) is 63.7 Å². The molecule has 2 rings (SSSR count). The van der Waals surface area contributed by atoms with E-state index in [1.54, 1.807) is 0 Å². The van der Waals surface area contributed by atoms with Crippen molar-refractivity contribution in [1.82, 2.24) is 0 Å². The van der Waals surface area contributed by atoms with Crippen LogP contribution in [0.2, 0.25) is 0 Å². The molecule has 0 bridgehead atoms. The van der Waals surface area contributed by atoms with Gasteiger partial charge in [-0.2, -0.15) is 0 Å². The molecule has 0 amide bonds. The fourth-order valence-corrected chi connectivity index (χ4v) is 1.42. The van der Waals surface area contributed by atoms with Crippen LogP contribution in [0.25, 0.3) is 0 Å². The van der Waals surface area contributed by atoms with Gasteiger partial charge in [0.15, 0.2) is 0 Å². The maximum Gasteiger partial charge on any atom is 2.00 e. The molecule has 1 N–H and O–H groups in total. The Kier molecular flexibility index (Phi) is 11.7. The summed E-state index contributed by atoms with van der Waals surface area (Å²) in [6.07, 6.45) is 17.6. The third-order valence-corrected chi connectivity index (χ3v) is 2.24. The Morgan fingerprint density at radius 3 is 2.00 bits per heavy atom. The van der Waals surface area contributed by atoms with Crippen molar-refractivity contribution in [2.24, 2.45) is 0 Å². The maximum absolute atomic E-state index is 10.4. The molecule has 0 aliphatic heterocycles. The Morgan fingerprint density at radius 2 is 1.58 bits per heavy atom. The molecule has 0 saturated heterocycles. The van der Waals surface area contributed by atoms with Gasteiger partial charge in [-0.05, 0) is 70.1 Å². The minimum atomic E-state index is -0.605. The van der Waals surface area contributed by atoms with Gasteiger partial charge in [-0.1, -0.05) is 0 Å². The van der Waals surface area contributed by atoms with Crippen LogP contribution < -0.4 is 0 Å². The van der Waals surface area contributed by atoms with E-state index in [1.807, 2.05) is 57.8 Å². The van der Waals surface area contributed by atoms with Gasteiger partial charge in [-0.25, -0.2) is 0 Å². The second-order valence-corrected chi connectivity index (χ2v) is 3.92. The largest absolute Gasteiger partial charge is 2.00 e. The smallest absolute Gasteiger partial charge is 0.463 e. The predicted molar refractivity (Wildman–Crippen MR) is 69.2 cm³/mol. The van der Waals surface area contributed by atoms with Gasteiger partial charge in [0.05, 0.1) is 6.10 Å². The normalized spacial score (nSPS) is 20.1. The summed E-state index contributed by atoms with van der Waals surface area (Å²) in [4.78, 5) is 10.4. The second kappa shape index (κ2) is 11.7. The zero-order valence-corrected chi connectivity index (χ0v) is 11.9. The van der Waals surface area contributed by atoms with Crippen molar-refractivity contribution in [2.75, 3.05) is 6.61 Å². The van der Waals surface area contributed by atoms with Gasteiger partial charge < -0.3 is 9.84 Å². The van der Waals surface area contributed by atoms with E-state index in [0.29, 0.717) is 6.42 Å². The molecule has 0 aromatic carbocycles. The summed E-state index contributed by atoms with van der Waals surface area (Å²) in [5.74, 6) is 0.696. The number of ether oxygens (including phenoxy) is 1. The number of rotatable bonds is 4. The number of carbonyl (C=O) groups excluding carboxylic acids is 1. The number of aliphatic hydroxyl groups excluding tert-OH is 1. The number of aliphatic hydroxyl groups is 1. The molecule has 2 aliphatic carbocycles. The van der Waals surface area contributed by atoms with Gasteiger partial charge in [-0.3, -0.25) is 4.79 Å². The third kappa shape index (κ3) is 10.4. The molecule has 0 unspecified atom stereocenters. The van der Waals surface area contributed by atoms with Crippen LogP contribution in [-0.4, -0.2) is 23.8 Å². The van der Waals surface area contributed by atoms with E-state index < -0.39 is 6.10 Å². The van der Waals surface area contributed by atoms with Crippen molar-refractivity contribution in [3.05, 3.63) is 63.7 Å². The van der Waals surface area contributed by atoms with Crippen molar-refractivity contribution in [3.8, 4) is 0 Å². The molecule has 0 aromatic rings. The Morgan fingerprint density at radius 1 is 1.11 bits per heavy atom. The minimum Gasteiger partial charge on any atom is -0.463 e. The number of carbonyl (C=O) groups is 1. The Bertz CT molecular complexity index is 216. The van der Waals surface area contributed by atoms with Gasteiger partial charge in [0.2, 0.25) is 0 Å². The third-order valence-electron chi connectivity index (χ3n) is 2.24. The van der Waals surface area contributed by atoms with Gasteiger partial charge in [-0.15, -0.1) is 0 Å². The standard InChI is InChI=1S/C10H13O3.C5H5.Fe/c1-8(11)13-7-10(12)6-9-4-2-3-5-9;1-2-4-5-3-1;/h2-5,10,12H,6-7H2,1H3;1-5H;/q;;+2/t10-;;/m1../s1. The minimum absolute atomic E-state index is 0. The van der Waals surface area contributed by atoms with Crippen LogP contribution in [0.15, 0.2) is 0 Å². The molecule has 0 spiro atoms. The number of hydrogen-bond acceptors (Lipinski definition) is 3. The molecule has 3 nitrogen and oxygen atoms in total. The quantitative estimate of drug-likeness (QED) is 0.635. The molecule has 1 atom stereocenters. The first kappa shape index (κ1) is 18.9. The summed E-state index contributed by atoms with van der Waals surface area (Å²) in [6, 6.07) is 0. The van der Waals surface area contributed by atoms with Crippen LogP contribution in [0.3, 0.4) is 0 Å². The molecule has 10 radical (unpaired) electrons. The zero-order valence-electron chi connectivity index (χ0n) is 10.8. The van der Waals surface area contributed by atoms with Crippen LogP contribution in [0.5, 0.6) is 0 Å². The fraction of sp³-hybridized carbons (Fsp3) is 0.267. The first-order chi connectivity index (χ1) is 8.68. The summed E-state index contributed by atoms with van der Waals surface area (Å²) in [6.45, 7) is 1.40. The van der Waals surface area contributed by atoms with Crippen molar-refractivity contribution >= 4 is 5.97 Å². The fourth-order valence-electron chi connectivity index (χ4n) is 1.42. The monoisotopic (exact) mass is 302 g/mol. The van der Waals surface area contributed by atoms with Gasteiger partial charge in [0, 0.05) is 6.92 Å². The van der Waals surface area contributed by atoms with Crippen molar-refractivity contribution in [1.29, 1.82) is 0 Å². The first-order valence-corrected chi connectivity index (χ1v) is 5.87. The molecule has 19 heavy (non-hydrogen) atoms. The Balaban J connectivity index is 0.000000454. The van der Waals surface area contributed by atoms with E-state index in [0.717, 1.165) is 5.92 Å². The van der Waals surface area contributed by atoms with Crippen LogP contribution in [-0.2, 0) is 26.6 Å². The molecule has 0 heterocycles. The van der Waals surface area contributed by atoms with E-state index in [4.69, 9.17) is 0 Å². The summed E-state index contributed by atoms with van der Waals surface area (Å²) < 4.78 is 4.66. The zero-order chi connectivity index (χ0) is 13.2. The molecule has 2 saturated carbocycles. The molecular formula is C15H18FeO3+2. The molecule has 2 aliphatic rings. The predicted octanol–water partition coefficient (Wildman–Crippen LogP) is 1.72. The van der Waals surface area contributed by atoms with Crippen LogP contribution in [0.4, 0.5) is 0 Å². The Labute approximate surface area is 128 Å². The SMILES string of the molecule is CC(=O)OC[C@H](O)C[C]1[CH][CH][CH][CH]1.[CH]1[CH][CH][CH][CH]1.[Fe+2]. The number of hydrogen-bond donors (Lipinski definition) is 1. The first-order valence-electron chi connectivity index (χ1n) is 5.87. The molecule has 4 heteroatoms. The van der Waals surface area contributed by atoms with Crippen LogP contribution >= 0.6 is 0 Å². The van der Waals surface area contributed by atoms with Gasteiger partial charge in [0.25, 0.3) is 0 Å². The van der Waals surface area contributed by atoms with E-state index in [9.17, 15) is 9.90 Å². The average Bonchev–Trinajstić information content (AvgIpc) is 3.01. The molecular weight excluding hydrogens is 284 g/mol. The Hall–Kier alpha value is -0.0505. The molecule has 0 aromatic heterocycles. The average molecular weight is 302 g/mol. The summed E-state index contributed by atoms with van der Waals surface area (Å²) in [5, 5.41) is 9.39. The van der Waals surface area contributed by atoms with E-state index in [1.165, 1.54) is 6.92 Å². The molecule has 102 valence electrons. The van der Waals surface area contributed by atoms with Crippen molar-refractivity contribution in [3.63, 3.8) is 0 Å². The van der Waals surface area contributed by atoms with E-state index in [-0.39, 0.29) is 29.6 Å². The van der Waals surface area contributed by atoms with E-state index >= 15 is 0 Å². The van der Waals surface area contributed by atoms with Gasteiger partial charge >= 0.3 is 23.0 Å². The maximum atomic E-state index is 10.4. The summed E-state index contributed by atoms with van der Waals surface area (Å²) in [5.41, 5.74) is 0. The van der Waals surface area contributed by atoms with Crippen molar-refractivity contribution in [2.45, 2.75) is 19.4 Å². The van der Waals surface area contributed by atoms with Gasteiger partial charge in [0.1, 0.15) is 6.61 Å². The second-order valence-electron chi connectivity index (χ2n) is 3.92. The topological polar surface area (TPSA) is 46.5 Å².